The van der Waals surface area contributed by atoms with Gasteiger partial charge in [-0.15, -0.1) is 0 Å². The number of ether oxygens (including phenoxy) is 1. The highest BCUT2D eigenvalue weighted by Crippen LogP contribution is 2.23. The van der Waals surface area contributed by atoms with Crippen molar-refractivity contribution in [1.29, 1.82) is 0 Å². The Kier molecular flexibility index (Phi) is 6.99. The van der Waals surface area contributed by atoms with Crippen molar-refractivity contribution in [2.45, 2.75) is 57.7 Å². The van der Waals surface area contributed by atoms with E-state index in [1.165, 1.54) is 17.8 Å². The predicted octanol–water partition coefficient (Wildman–Crippen LogP) is 3.43. The number of nitrogens with one attached hydrogen (secondary N) is 2. The van der Waals surface area contributed by atoms with Gasteiger partial charge in [0.15, 0.2) is 5.16 Å². The molecule has 0 saturated carbocycles. The number of anilines is 1. The molecular weight excluding hydrogens is 350 g/mol. The molecule has 6 nitrogen and oxygen atoms in total. The molecule has 1 aromatic heterocycles. The number of benzene rings is 1. The van der Waals surface area contributed by atoms with Gasteiger partial charge in [0.1, 0.15) is 0 Å². The number of thioether (sulfide) groups is 1. The third kappa shape index (κ3) is 5.71. The number of carbonyl (C=O) groups excluding carboxylic acids is 1. The van der Waals surface area contributed by atoms with Crippen LogP contribution in [0, 0.1) is 13.8 Å². The highest BCUT2D eigenvalue weighted by molar-refractivity contribution is 8.00. The summed E-state index contributed by atoms with van der Waals surface area (Å²) in [4.78, 5) is 31.4. The molecule has 1 heterocycles. The number of amides is 1. The van der Waals surface area contributed by atoms with Crippen LogP contribution in [0.1, 0.15) is 37.6 Å². The molecule has 2 rings (SSSR count). The van der Waals surface area contributed by atoms with Gasteiger partial charge in [0.05, 0.1) is 23.7 Å². The maximum absolute atomic E-state index is 12.5. The van der Waals surface area contributed by atoms with Gasteiger partial charge >= 0.3 is 0 Å². The predicted molar refractivity (Wildman–Crippen MR) is 105 cm³/mol. The largest absolute Gasteiger partial charge is 0.373 e. The van der Waals surface area contributed by atoms with Crippen molar-refractivity contribution in [2.24, 2.45) is 0 Å². The fraction of sp³-hybridized carbons (Fsp3) is 0.421. The SMILES string of the molecule is Cc1cccc(C)c1NC(=O)C(C)Sc1nc(COC(C)C)cc(=O)[nH]1. The quantitative estimate of drug-likeness (QED) is 0.572. The lowest BCUT2D eigenvalue weighted by molar-refractivity contribution is -0.115. The van der Waals surface area contributed by atoms with Crippen molar-refractivity contribution >= 4 is 23.4 Å². The molecular formula is C19H25N3O3S. The second-order valence-electron chi connectivity index (χ2n) is 6.42. The molecule has 0 spiro atoms. The van der Waals surface area contributed by atoms with Gasteiger partial charge in [-0.1, -0.05) is 30.0 Å². The summed E-state index contributed by atoms with van der Waals surface area (Å²) in [7, 11) is 0. The summed E-state index contributed by atoms with van der Waals surface area (Å²) in [6.45, 7) is 9.80. The molecule has 2 aromatic rings. The second-order valence-corrected chi connectivity index (χ2v) is 7.75. The molecule has 7 heteroatoms. The minimum Gasteiger partial charge on any atom is -0.373 e. The van der Waals surface area contributed by atoms with Crippen molar-refractivity contribution in [2.75, 3.05) is 5.32 Å². The standard InChI is InChI=1S/C19H25N3O3S/c1-11(2)25-10-15-9-16(23)21-19(20-15)26-14(5)18(24)22-17-12(3)7-6-8-13(17)4/h6-9,11,14H,10H2,1-5H3,(H,22,24)(H,20,21,23). The Labute approximate surface area is 157 Å². The molecule has 0 aliphatic carbocycles. The first kappa shape index (κ1) is 20.2. The van der Waals surface area contributed by atoms with Crippen LogP contribution in [0.5, 0.6) is 0 Å². The lowest BCUT2D eigenvalue weighted by Crippen LogP contribution is -2.24. The maximum Gasteiger partial charge on any atom is 0.251 e. The first-order valence-corrected chi connectivity index (χ1v) is 9.39. The normalized spacial score (nSPS) is 12.2. The van der Waals surface area contributed by atoms with Crippen molar-refractivity contribution in [1.82, 2.24) is 9.97 Å². The van der Waals surface area contributed by atoms with Crippen molar-refractivity contribution < 1.29 is 9.53 Å². The van der Waals surface area contributed by atoms with Gasteiger partial charge in [-0.05, 0) is 45.7 Å². The Morgan fingerprint density at radius 1 is 1.27 bits per heavy atom. The van der Waals surface area contributed by atoms with Crippen LogP contribution in [0.3, 0.4) is 0 Å². The number of nitrogens with zero attached hydrogens (tertiary/aromatic N) is 1. The van der Waals surface area contributed by atoms with Crippen LogP contribution in [0.15, 0.2) is 34.2 Å². The van der Waals surface area contributed by atoms with E-state index in [0.29, 0.717) is 10.9 Å². The van der Waals surface area contributed by atoms with E-state index < -0.39 is 5.25 Å². The highest BCUT2D eigenvalue weighted by Gasteiger charge is 2.18. The summed E-state index contributed by atoms with van der Waals surface area (Å²) in [5, 5.41) is 2.95. The smallest absolute Gasteiger partial charge is 0.251 e. The summed E-state index contributed by atoms with van der Waals surface area (Å²) < 4.78 is 5.49. The molecule has 0 radical (unpaired) electrons. The van der Waals surface area contributed by atoms with Gasteiger partial charge in [0.2, 0.25) is 5.91 Å². The molecule has 0 aliphatic rings. The first-order chi connectivity index (χ1) is 12.3. The highest BCUT2D eigenvalue weighted by atomic mass is 32.2. The Morgan fingerprint density at radius 2 is 1.92 bits per heavy atom. The summed E-state index contributed by atoms with van der Waals surface area (Å²) in [6, 6.07) is 7.28. The third-order valence-electron chi connectivity index (χ3n) is 3.72. The topological polar surface area (TPSA) is 84.1 Å². The number of H-pyrrole nitrogens is 1. The molecule has 0 bridgehead atoms. The van der Waals surface area contributed by atoms with Crippen molar-refractivity contribution in [3.05, 3.63) is 51.4 Å². The Morgan fingerprint density at radius 3 is 2.54 bits per heavy atom. The maximum atomic E-state index is 12.5. The summed E-state index contributed by atoms with van der Waals surface area (Å²) in [6.07, 6.45) is 0.0502. The molecule has 1 atom stereocenters. The van der Waals surface area contributed by atoms with Gasteiger partial charge in [-0.2, -0.15) is 0 Å². The minimum atomic E-state index is -0.418. The number of carbonyl (C=O) groups is 1. The number of aryl methyl sites for hydroxylation is 2. The Bertz CT molecular complexity index is 813. The van der Waals surface area contributed by atoms with Gasteiger partial charge < -0.3 is 15.0 Å². The van der Waals surface area contributed by atoms with Gasteiger partial charge in [-0.3, -0.25) is 9.59 Å². The minimum absolute atomic E-state index is 0.0502. The Hall–Kier alpha value is -2.12. The zero-order valence-electron chi connectivity index (χ0n) is 15.8. The summed E-state index contributed by atoms with van der Waals surface area (Å²) in [5.74, 6) is -0.140. The van der Waals surface area contributed by atoms with Crippen LogP contribution >= 0.6 is 11.8 Å². The number of hydrogen-bond donors (Lipinski definition) is 2. The fourth-order valence-electron chi connectivity index (χ4n) is 2.32. The van der Waals surface area contributed by atoms with E-state index >= 15 is 0 Å². The second kappa shape index (κ2) is 9.00. The van der Waals surface area contributed by atoms with E-state index in [0.717, 1.165) is 16.8 Å². The van der Waals surface area contributed by atoms with Gasteiger partial charge in [0, 0.05) is 11.8 Å². The van der Waals surface area contributed by atoms with Crippen LogP contribution < -0.4 is 10.9 Å². The molecule has 2 N–H and O–H groups in total. The van der Waals surface area contributed by atoms with E-state index in [4.69, 9.17) is 4.74 Å². The number of para-hydroxylation sites is 1. The molecule has 1 amide bonds. The number of hydrogen-bond acceptors (Lipinski definition) is 5. The van der Waals surface area contributed by atoms with Crippen LogP contribution in [0.4, 0.5) is 5.69 Å². The van der Waals surface area contributed by atoms with Crippen molar-refractivity contribution in [3.8, 4) is 0 Å². The lowest BCUT2D eigenvalue weighted by Gasteiger charge is -2.15. The Balaban J connectivity index is 2.07. The molecule has 0 saturated heterocycles. The number of rotatable bonds is 7. The zero-order valence-corrected chi connectivity index (χ0v) is 16.6. The first-order valence-electron chi connectivity index (χ1n) is 8.52. The molecule has 1 aromatic carbocycles. The summed E-state index contributed by atoms with van der Waals surface area (Å²) in [5.41, 5.74) is 3.13. The lowest BCUT2D eigenvalue weighted by atomic mass is 10.1. The van der Waals surface area contributed by atoms with Crippen LogP contribution in [0.2, 0.25) is 0 Å². The molecule has 1 unspecified atom stereocenters. The van der Waals surface area contributed by atoms with E-state index in [1.807, 2.05) is 45.9 Å². The van der Waals surface area contributed by atoms with Crippen LogP contribution in [-0.4, -0.2) is 27.2 Å². The number of aromatic amines is 1. The molecule has 0 aliphatic heterocycles. The van der Waals surface area contributed by atoms with Crippen LogP contribution in [0.25, 0.3) is 0 Å². The fourth-order valence-corrected chi connectivity index (χ4v) is 3.15. The number of aromatic nitrogens is 2. The molecule has 26 heavy (non-hydrogen) atoms. The molecule has 0 fully saturated rings. The van der Waals surface area contributed by atoms with E-state index in [1.54, 1.807) is 6.92 Å². The van der Waals surface area contributed by atoms with E-state index in [9.17, 15) is 9.59 Å². The zero-order chi connectivity index (χ0) is 19.3. The average molecular weight is 375 g/mol. The van der Waals surface area contributed by atoms with Gasteiger partial charge in [-0.25, -0.2) is 4.98 Å². The third-order valence-corrected chi connectivity index (χ3v) is 4.71. The molecule has 140 valence electrons. The van der Waals surface area contributed by atoms with Gasteiger partial charge in [0.25, 0.3) is 5.56 Å². The van der Waals surface area contributed by atoms with Crippen molar-refractivity contribution in [3.63, 3.8) is 0 Å². The monoisotopic (exact) mass is 375 g/mol. The van der Waals surface area contributed by atoms with E-state index in [2.05, 4.69) is 15.3 Å². The summed E-state index contributed by atoms with van der Waals surface area (Å²) >= 11 is 1.21. The van der Waals surface area contributed by atoms with E-state index in [-0.39, 0.29) is 24.2 Å². The van der Waals surface area contributed by atoms with Crippen LogP contribution in [-0.2, 0) is 16.1 Å². The average Bonchev–Trinajstić information content (AvgIpc) is 2.55.